The van der Waals surface area contributed by atoms with Crippen molar-refractivity contribution in [2.75, 3.05) is 11.5 Å². The SMILES string of the molecule is [2H]C(=[N+]=[N-])C(=O)C([2H])([2H])C1(C)SCCS1. The van der Waals surface area contributed by atoms with Gasteiger partial charge < -0.3 is 5.53 Å². The Labute approximate surface area is 84.1 Å². The zero-order valence-corrected chi connectivity index (χ0v) is 8.17. The van der Waals surface area contributed by atoms with Gasteiger partial charge in [0.1, 0.15) is 0 Å². The molecule has 0 aromatic rings. The standard InChI is InChI=1S/C7H10N2OS2/c1-7(11-2-3-12-7)4-6(10)5-9-8/h5H,2-4H2,1H3/i4D2,5D. The predicted octanol–water partition coefficient (Wildman–Crippen LogP) is 1.44. The van der Waals surface area contributed by atoms with Crippen molar-refractivity contribution in [1.29, 1.82) is 0 Å². The molecule has 0 atom stereocenters. The molecule has 0 amide bonds. The zero-order chi connectivity index (χ0) is 11.7. The fourth-order valence-corrected chi connectivity index (χ4v) is 3.48. The lowest BCUT2D eigenvalue weighted by Gasteiger charge is -2.18. The molecule has 0 saturated carbocycles. The normalized spacial score (nSPS) is 24.9. The summed E-state index contributed by atoms with van der Waals surface area (Å²) in [6.07, 6.45) is -3.13. The van der Waals surface area contributed by atoms with Crippen molar-refractivity contribution in [3.8, 4) is 0 Å². The van der Waals surface area contributed by atoms with E-state index in [1.165, 1.54) is 23.5 Å². The summed E-state index contributed by atoms with van der Waals surface area (Å²) in [6.45, 7) is 1.64. The highest BCUT2D eigenvalue weighted by Gasteiger charge is 2.33. The maximum Gasteiger partial charge on any atom is 0.323 e. The molecule has 1 aliphatic rings. The first-order valence-corrected chi connectivity index (χ1v) is 5.33. The van der Waals surface area contributed by atoms with E-state index in [1.54, 1.807) is 6.92 Å². The number of carbonyl (C=O) groups excluding carboxylic acids is 1. The van der Waals surface area contributed by atoms with Gasteiger partial charge in [0.2, 0.25) is 5.78 Å². The van der Waals surface area contributed by atoms with E-state index in [9.17, 15) is 4.79 Å². The third kappa shape index (κ3) is 2.66. The third-order valence-corrected chi connectivity index (χ3v) is 4.42. The number of hydrogen-bond acceptors (Lipinski definition) is 3. The lowest BCUT2D eigenvalue weighted by atomic mass is 10.2. The number of rotatable bonds is 3. The minimum absolute atomic E-state index is 0.775. The Morgan fingerprint density at radius 3 is 3.00 bits per heavy atom. The van der Waals surface area contributed by atoms with Crippen molar-refractivity contribution >= 4 is 35.5 Å². The minimum Gasteiger partial charge on any atom is -0.361 e. The third-order valence-electron chi connectivity index (χ3n) is 1.33. The fraction of sp³-hybridized carbons (Fsp3) is 0.714. The van der Waals surface area contributed by atoms with Gasteiger partial charge in [0, 0.05) is 20.6 Å². The molecule has 1 saturated heterocycles. The highest BCUT2D eigenvalue weighted by molar-refractivity contribution is 8.21. The van der Waals surface area contributed by atoms with Gasteiger partial charge in [0.05, 0.1) is 4.08 Å². The van der Waals surface area contributed by atoms with Crippen molar-refractivity contribution in [3.63, 3.8) is 0 Å². The van der Waals surface area contributed by atoms with Crippen molar-refractivity contribution in [2.45, 2.75) is 17.4 Å². The summed E-state index contributed by atoms with van der Waals surface area (Å²) in [6, 6.07) is 0. The molecule has 0 aromatic heterocycles. The summed E-state index contributed by atoms with van der Waals surface area (Å²) in [5, 5.41) is 0. The first kappa shape index (κ1) is 6.24. The molecule has 0 spiro atoms. The monoisotopic (exact) mass is 205 g/mol. The van der Waals surface area contributed by atoms with Crippen LogP contribution in [0.25, 0.3) is 5.53 Å². The maximum absolute atomic E-state index is 11.5. The van der Waals surface area contributed by atoms with Gasteiger partial charge >= 0.3 is 6.19 Å². The van der Waals surface area contributed by atoms with Crippen LogP contribution in [0.4, 0.5) is 0 Å². The lowest BCUT2D eigenvalue weighted by molar-refractivity contribution is -0.116. The number of Topliss-reactive ketones (excluding diaryl/α,β-unsaturated/α-hetero) is 1. The zero-order valence-electron chi connectivity index (χ0n) is 9.53. The number of nitrogens with zero attached hydrogens (tertiary/aromatic N) is 2. The molecule has 3 nitrogen and oxygen atoms in total. The topological polar surface area (TPSA) is 53.5 Å². The summed E-state index contributed by atoms with van der Waals surface area (Å²) < 4.78 is 21.6. The second-order valence-electron chi connectivity index (χ2n) is 2.31. The van der Waals surface area contributed by atoms with Gasteiger partial charge in [0.25, 0.3) is 0 Å². The summed E-state index contributed by atoms with van der Waals surface area (Å²) >= 11 is 2.71. The molecule has 0 aliphatic carbocycles. The van der Waals surface area contributed by atoms with Crippen LogP contribution in [-0.4, -0.2) is 32.3 Å². The van der Waals surface area contributed by atoms with Crippen LogP contribution in [-0.2, 0) is 4.79 Å². The number of thioether (sulfide) groups is 2. The molecule has 1 aliphatic heterocycles. The molecular formula is C7H10N2OS2. The quantitative estimate of drug-likeness (QED) is 0.398. The van der Waals surface area contributed by atoms with Crippen LogP contribution in [0.3, 0.4) is 0 Å². The Kier molecular flexibility index (Phi) is 2.14. The van der Waals surface area contributed by atoms with Crippen molar-refractivity contribution in [3.05, 3.63) is 5.53 Å². The van der Waals surface area contributed by atoms with Crippen LogP contribution in [0.5, 0.6) is 0 Å². The molecule has 1 fully saturated rings. The summed E-state index contributed by atoms with van der Waals surface area (Å²) in [4.78, 5) is 13.9. The van der Waals surface area contributed by atoms with Gasteiger partial charge in [-0.25, -0.2) is 0 Å². The molecular weight excluding hydrogens is 192 g/mol. The second kappa shape index (κ2) is 4.12. The molecule has 0 bridgehead atoms. The van der Waals surface area contributed by atoms with Gasteiger partial charge in [-0.2, -0.15) is 4.79 Å². The van der Waals surface area contributed by atoms with Crippen LogP contribution in [0.2, 0.25) is 0 Å². The predicted molar refractivity (Wildman–Crippen MR) is 52.6 cm³/mol. The van der Waals surface area contributed by atoms with E-state index >= 15 is 0 Å². The highest BCUT2D eigenvalue weighted by Crippen LogP contribution is 2.45. The summed E-state index contributed by atoms with van der Waals surface area (Å²) in [7, 11) is 0. The average molecular weight is 205 g/mol. The first-order valence-electron chi connectivity index (χ1n) is 4.86. The van der Waals surface area contributed by atoms with Crippen LogP contribution in [0.1, 0.15) is 17.4 Å². The Morgan fingerprint density at radius 2 is 2.50 bits per heavy atom. The second-order valence-corrected chi connectivity index (χ2v) is 5.59. The molecule has 12 heavy (non-hydrogen) atoms. The van der Waals surface area contributed by atoms with E-state index in [-0.39, 0.29) is 0 Å². The van der Waals surface area contributed by atoms with E-state index in [0.717, 1.165) is 11.5 Å². The van der Waals surface area contributed by atoms with Crippen LogP contribution in [0, 0.1) is 0 Å². The van der Waals surface area contributed by atoms with Crippen molar-refractivity contribution in [2.24, 2.45) is 0 Å². The van der Waals surface area contributed by atoms with Crippen LogP contribution in [0.15, 0.2) is 0 Å². The van der Waals surface area contributed by atoms with Crippen LogP contribution >= 0.6 is 23.5 Å². The molecule has 0 radical (unpaired) electrons. The first-order chi connectivity index (χ1) is 6.85. The van der Waals surface area contributed by atoms with E-state index in [1.807, 2.05) is 0 Å². The Balaban J connectivity index is 3.00. The number of carbonyl (C=O) groups is 1. The van der Waals surface area contributed by atoms with E-state index in [2.05, 4.69) is 4.79 Å². The Hall–Kier alpha value is -0.250. The Bertz CT molecular complexity index is 335. The number of ketones is 1. The van der Waals surface area contributed by atoms with Crippen molar-refractivity contribution in [1.82, 2.24) is 0 Å². The minimum atomic E-state index is -2.19. The maximum atomic E-state index is 11.5. The van der Waals surface area contributed by atoms with Crippen molar-refractivity contribution < 1.29 is 13.7 Å². The van der Waals surface area contributed by atoms with Gasteiger partial charge in [-0.15, -0.1) is 23.5 Å². The smallest absolute Gasteiger partial charge is 0.323 e. The molecule has 0 N–H and O–H groups in total. The van der Waals surface area contributed by atoms with Gasteiger partial charge in [-0.05, 0) is 6.92 Å². The lowest BCUT2D eigenvalue weighted by Crippen LogP contribution is -2.18. The van der Waals surface area contributed by atoms with E-state index < -0.39 is 22.4 Å². The molecule has 66 valence electrons. The van der Waals surface area contributed by atoms with Gasteiger partial charge in [0.15, 0.2) is 1.37 Å². The van der Waals surface area contributed by atoms with E-state index in [0.29, 0.717) is 0 Å². The van der Waals surface area contributed by atoms with Gasteiger partial charge in [-0.1, -0.05) is 0 Å². The number of hydrogen-bond donors (Lipinski definition) is 0. The molecule has 5 heteroatoms. The summed E-state index contributed by atoms with van der Waals surface area (Å²) in [5.74, 6) is 0.476. The average Bonchev–Trinajstić information content (AvgIpc) is 2.64. The highest BCUT2D eigenvalue weighted by atomic mass is 32.2. The Morgan fingerprint density at radius 1 is 1.92 bits per heavy atom. The molecule has 0 aromatic carbocycles. The molecule has 1 heterocycles. The van der Waals surface area contributed by atoms with Crippen LogP contribution < -0.4 is 0 Å². The van der Waals surface area contributed by atoms with Gasteiger partial charge in [-0.3, -0.25) is 4.79 Å². The molecule has 1 rings (SSSR count). The fourth-order valence-electron chi connectivity index (χ4n) is 0.866. The largest absolute Gasteiger partial charge is 0.361 e. The van der Waals surface area contributed by atoms with E-state index in [4.69, 9.17) is 9.64 Å². The molecule has 0 unspecified atom stereocenters. The summed E-state index contributed by atoms with van der Waals surface area (Å²) in [5.41, 5.74) is 8.29.